The predicted octanol–water partition coefficient (Wildman–Crippen LogP) is 10.5. The lowest BCUT2D eigenvalue weighted by Gasteiger charge is -2.31. The maximum atomic E-state index is 12.4. The summed E-state index contributed by atoms with van der Waals surface area (Å²) in [6, 6.07) is 9.40. The average Bonchev–Trinajstić information content (AvgIpc) is 4.15. The Morgan fingerprint density at radius 3 is 1.90 bits per heavy atom. The van der Waals surface area contributed by atoms with Gasteiger partial charge in [-0.05, 0) is 154 Å². The highest BCUT2D eigenvalue weighted by Gasteiger charge is 2.37. The van der Waals surface area contributed by atoms with Crippen molar-refractivity contribution in [3.63, 3.8) is 0 Å². The van der Waals surface area contributed by atoms with Gasteiger partial charge in [0, 0.05) is 90.0 Å². The summed E-state index contributed by atoms with van der Waals surface area (Å²) in [7, 11) is 0. The van der Waals surface area contributed by atoms with Crippen LogP contribution < -0.4 is 11.1 Å². The lowest BCUT2D eigenvalue weighted by molar-refractivity contribution is 0.0684. The van der Waals surface area contributed by atoms with Crippen LogP contribution >= 0.6 is 11.3 Å². The summed E-state index contributed by atoms with van der Waals surface area (Å²) >= 11 is 1.67. The molecule has 370 valence electrons. The molecule has 0 N–H and O–H groups in total. The standard InChI is InChI=1S/C15H22N2O.C14H18N2OS.C14H18N2O.C13H18N2O/c1-10(2)16-6-5-13-12(14(16)18)7-11-8-15(3,4)9-17(11)13;1-8(2)16-13(17)12-10(7-15-16)9-5-14(3,4)6-11(9)18-12;1-10(2)15-8-6-13-12(14(15)17)9-11-5-3-4-7-16(11)13;1-9(2)15-8-12-11(13(15)16)7-10-5-3-4-6-14(10)12/h7,10H,5-6,8-9H2,1-4H3;7-8H,5-6H2,1-4H3;6,8-10H,3-5,7H2,1-2H3;7,9H,3-6,8H2,1-2H3. The number of nitrogens with zero attached hydrogens (tertiary/aromatic N) is 8. The van der Waals surface area contributed by atoms with E-state index in [1.54, 1.807) is 16.0 Å². The molecule has 11 heterocycles. The third-order valence-electron chi connectivity index (χ3n) is 15.4. The Kier molecular flexibility index (Phi) is 13.1. The number of fused-ring (bicyclic) bond motifs is 12. The van der Waals surface area contributed by atoms with Crippen LogP contribution in [0.2, 0.25) is 0 Å². The van der Waals surface area contributed by atoms with Gasteiger partial charge in [0.2, 0.25) is 0 Å². The Morgan fingerprint density at radius 2 is 1.23 bits per heavy atom. The van der Waals surface area contributed by atoms with Gasteiger partial charge in [-0.15, -0.1) is 11.3 Å². The number of hydrogen-bond donors (Lipinski definition) is 0. The van der Waals surface area contributed by atoms with E-state index in [-0.39, 0.29) is 35.0 Å². The second-order valence-corrected chi connectivity index (χ2v) is 24.4. The first-order valence-corrected chi connectivity index (χ1v) is 26.8. The van der Waals surface area contributed by atoms with Gasteiger partial charge in [-0.1, -0.05) is 27.7 Å². The Hall–Kier alpha value is -5.17. The highest BCUT2D eigenvalue weighted by molar-refractivity contribution is 7.19. The SMILES string of the molecule is CC(C)N1CCc2c(cc3n2CC(C)(C)C3)C1=O.CC(C)N1Cc2c(cc3n2CCCC3)C1=O.CC(C)n1ccc2c(cc3n2CCCC3)c1=O.CC(C)n1ncc2c3c(sc2c1=O)CC(C)(C)C3. The summed E-state index contributed by atoms with van der Waals surface area (Å²) in [6.45, 7) is 30.5. The van der Waals surface area contributed by atoms with E-state index in [4.69, 9.17) is 0 Å². The highest BCUT2D eigenvalue weighted by atomic mass is 32.1. The Balaban J connectivity index is 0.000000115. The molecule has 0 aromatic carbocycles. The van der Waals surface area contributed by atoms with E-state index in [9.17, 15) is 19.2 Å². The molecule has 0 fully saturated rings. The number of aryl methyl sites for hydroxylation is 3. The van der Waals surface area contributed by atoms with E-state index >= 15 is 0 Å². The molecule has 6 aromatic heterocycles. The number of carbonyl (C=O) groups is 2. The molecule has 0 saturated carbocycles. The maximum Gasteiger partial charge on any atom is 0.284 e. The zero-order valence-corrected chi connectivity index (χ0v) is 44.3. The third-order valence-corrected chi connectivity index (χ3v) is 16.6. The van der Waals surface area contributed by atoms with Gasteiger partial charge in [0.25, 0.3) is 22.9 Å². The number of hydrogen-bond acceptors (Lipinski definition) is 6. The van der Waals surface area contributed by atoms with Crippen LogP contribution in [0.3, 0.4) is 0 Å². The van der Waals surface area contributed by atoms with E-state index < -0.39 is 0 Å². The first kappa shape index (κ1) is 48.8. The minimum atomic E-state index is 0.0692. The molecule has 6 aliphatic rings. The first-order chi connectivity index (χ1) is 32.6. The van der Waals surface area contributed by atoms with E-state index in [2.05, 4.69) is 98.5 Å². The fourth-order valence-electron chi connectivity index (χ4n) is 11.8. The Bertz CT molecular complexity index is 3070. The summed E-state index contributed by atoms with van der Waals surface area (Å²) in [4.78, 5) is 54.6. The van der Waals surface area contributed by atoms with Crippen molar-refractivity contribution in [2.45, 2.75) is 198 Å². The average molecular weight is 957 g/mol. The molecule has 0 unspecified atom stereocenters. The van der Waals surface area contributed by atoms with Crippen LogP contribution in [0.5, 0.6) is 0 Å². The van der Waals surface area contributed by atoms with Crippen LogP contribution in [0.15, 0.2) is 46.2 Å². The monoisotopic (exact) mass is 957 g/mol. The Labute approximate surface area is 412 Å². The van der Waals surface area contributed by atoms with Crippen LogP contribution in [0.4, 0.5) is 0 Å². The molecular weight excluding hydrogens is 881 g/mol. The van der Waals surface area contributed by atoms with Gasteiger partial charge in [-0.2, -0.15) is 5.10 Å². The molecule has 0 atom stereocenters. The molecule has 0 radical (unpaired) electrons. The fraction of sp³-hybridized carbons (Fsp3) is 0.589. The van der Waals surface area contributed by atoms with E-state index in [1.165, 1.54) is 64.6 Å². The molecule has 5 aliphatic heterocycles. The van der Waals surface area contributed by atoms with Gasteiger partial charge in [0.1, 0.15) is 4.70 Å². The van der Waals surface area contributed by atoms with Crippen molar-refractivity contribution in [1.82, 2.24) is 37.8 Å². The van der Waals surface area contributed by atoms with Crippen LogP contribution in [-0.2, 0) is 64.7 Å². The minimum absolute atomic E-state index is 0.0692. The molecule has 0 bridgehead atoms. The van der Waals surface area contributed by atoms with Crippen molar-refractivity contribution in [2.75, 3.05) is 6.54 Å². The van der Waals surface area contributed by atoms with Gasteiger partial charge >= 0.3 is 0 Å². The van der Waals surface area contributed by atoms with Gasteiger partial charge in [0.15, 0.2) is 0 Å². The minimum Gasteiger partial charge on any atom is -0.347 e. The lowest BCUT2D eigenvalue weighted by atomic mass is 9.90. The van der Waals surface area contributed by atoms with Crippen LogP contribution in [0, 0.1) is 10.8 Å². The summed E-state index contributed by atoms with van der Waals surface area (Å²) < 4.78 is 11.4. The lowest BCUT2D eigenvalue weighted by Crippen LogP contribution is -2.42. The normalized spacial score (nSPS) is 18.4. The van der Waals surface area contributed by atoms with E-state index in [1.807, 2.05) is 54.5 Å². The smallest absolute Gasteiger partial charge is 0.284 e. The van der Waals surface area contributed by atoms with Crippen LogP contribution in [0.25, 0.3) is 21.0 Å². The molecule has 6 aromatic rings. The van der Waals surface area contributed by atoms with Gasteiger partial charge < -0.3 is 28.1 Å². The Morgan fingerprint density at radius 1 is 0.594 bits per heavy atom. The van der Waals surface area contributed by atoms with Crippen molar-refractivity contribution in [2.24, 2.45) is 10.8 Å². The number of thiophene rings is 1. The topological polar surface area (TPSA) is 112 Å². The van der Waals surface area contributed by atoms with Crippen molar-refractivity contribution in [3.8, 4) is 0 Å². The summed E-state index contributed by atoms with van der Waals surface area (Å²) in [5.41, 5.74) is 11.9. The van der Waals surface area contributed by atoms with Crippen molar-refractivity contribution < 1.29 is 9.59 Å². The maximum absolute atomic E-state index is 12.4. The molecule has 13 heteroatoms. The number of aromatic nitrogens is 6. The molecule has 12 nitrogen and oxygen atoms in total. The highest BCUT2D eigenvalue weighted by Crippen LogP contribution is 2.44. The van der Waals surface area contributed by atoms with Crippen molar-refractivity contribution in [3.05, 3.63) is 107 Å². The summed E-state index contributed by atoms with van der Waals surface area (Å²) in [5, 5.41) is 6.29. The molecular formula is C56H76N8O4S. The molecule has 0 saturated heterocycles. The number of pyridine rings is 1. The second-order valence-electron chi connectivity index (χ2n) is 23.3. The number of rotatable bonds is 4. The van der Waals surface area contributed by atoms with Gasteiger partial charge in [-0.25, -0.2) is 4.68 Å². The summed E-state index contributed by atoms with van der Waals surface area (Å²) in [5.74, 6) is 0.456. The molecule has 0 spiro atoms. The molecule has 2 amide bonds. The van der Waals surface area contributed by atoms with E-state index in [0.29, 0.717) is 22.9 Å². The quantitative estimate of drug-likeness (QED) is 0.175. The van der Waals surface area contributed by atoms with Crippen LogP contribution in [-0.4, -0.2) is 68.3 Å². The second kappa shape index (κ2) is 18.5. The molecule has 69 heavy (non-hydrogen) atoms. The van der Waals surface area contributed by atoms with Crippen LogP contribution in [0.1, 0.15) is 180 Å². The summed E-state index contributed by atoms with van der Waals surface area (Å²) in [6.07, 6.45) is 15.3. The number of amides is 2. The largest absolute Gasteiger partial charge is 0.347 e. The van der Waals surface area contributed by atoms with Crippen molar-refractivity contribution >= 4 is 44.1 Å². The fourth-order valence-corrected chi connectivity index (χ4v) is 13.3. The van der Waals surface area contributed by atoms with Gasteiger partial charge in [0.05, 0.1) is 46.5 Å². The van der Waals surface area contributed by atoms with Gasteiger partial charge in [-0.3, -0.25) is 19.2 Å². The predicted molar refractivity (Wildman–Crippen MR) is 279 cm³/mol. The van der Waals surface area contributed by atoms with Crippen molar-refractivity contribution in [1.29, 1.82) is 0 Å². The zero-order chi connectivity index (χ0) is 49.4. The van der Waals surface area contributed by atoms with E-state index in [0.717, 1.165) is 103 Å². The molecule has 12 rings (SSSR count). The zero-order valence-electron chi connectivity index (χ0n) is 43.5. The first-order valence-electron chi connectivity index (χ1n) is 25.9. The number of carbonyl (C=O) groups excluding carboxylic acids is 2. The third kappa shape index (κ3) is 9.10. The molecule has 1 aliphatic carbocycles.